The summed E-state index contributed by atoms with van der Waals surface area (Å²) < 4.78 is 30.1. The van der Waals surface area contributed by atoms with Gasteiger partial charge in [-0.3, -0.25) is 0 Å². The fraction of sp³-hybridized carbons (Fsp3) is 0.158. The molecule has 134 valence electrons. The number of esters is 1. The number of oxazole rings is 1. The first-order valence-electron chi connectivity index (χ1n) is 7.78. The maximum Gasteiger partial charge on any atom is 0.344 e. The van der Waals surface area contributed by atoms with Gasteiger partial charge >= 0.3 is 5.97 Å². The summed E-state index contributed by atoms with van der Waals surface area (Å²) in [4.78, 5) is 16.2. The van der Waals surface area contributed by atoms with Crippen molar-refractivity contribution < 1.29 is 23.1 Å². The molecule has 1 aromatic heterocycles. The van der Waals surface area contributed by atoms with Gasteiger partial charge in [0.2, 0.25) is 5.89 Å². The van der Waals surface area contributed by atoms with Gasteiger partial charge in [0.1, 0.15) is 18.1 Å². The van der Waals surface area contributed by atoms with E-state index in [4.69, 9.17) is 13.9 Å². The van der Waals surface area contributed by atoms with E-state index in [0.29, 0.717) is 21.8 Å². The molecule has 2 aromatic carbocycles. The molecule has 1 heterocycles. The van der Waals surface area contributed by atoms with Crippen molar-refractivity contribution in [1.29, 1.82) is 0 Å². The minimum absolute atomic E-state index is 0.0193. The van der Waals surface area contributed by atoms with Crippen molar-refractivity contribution in [3.8, 4) is 17.2 Å². The van der Waals surface area contributed by atoms with Crippen LogP contribution in [0.3, 0.4) is 0 Å². The first-order valence-corrected chi connectivity index (χ1v) is 8.57. The Balaban J connectivity index is 1.55. The number of ether oxygens (including phenoxy) is 2. The third-order valence-corrected chi connectivity index (χ3v) is 4.02. The van der Waals surface area contributed by atoms with Crippen LogP contribution in [0.1, 0.15) is 11.5 Å². The van der Waals surface area contributed by atoms with Crippen molar-refractivity contribution >= 4 is 21.9 Å². The van der Waals surface area contributed by atoms with E-state index in [0.717, 1.165) is 5.56 Å². The second-order valence-electron chi connectivity index (χ2n) is 5.41. The Morgan fingerprint density at radius 3 is 2.73 bits per heavy atom. The summed E-state index contributed by atoms with van der Waals surface area (Å²) >= 11 is 3.15. The molecule has 0 spiro atoms. The maximum absolute atomic E-state index is 13.6. The predicted molar refractivity (Wildman–Crippen MR) is 96.1 cm³/mol. The maximum atomic E-state index is 13.6. The van der Waals surface area contributed by atoms with Gasteiger partial charge in [-0.15, -0.1) is 0 Å². The third-order valence-electron chi connectivity index (χ3n) is 3.52. The number of hydrogen-bond donors (Lipinski definition) is 0. The summed E-state index contributed by atoms with van der Waals surface area (Å²) in [5.41, 5.74) is 1.36. The average molecular weight is 420 g/mol. The van der Waals surface area contributed by atoms with E-state index >= 15 is 0 Å². The van der Waals surface area contributed by atoms with Gasteiger partial charge in [0.05, 0.1) is 0 Å². The minimum Gasteiger partial charge on any atom is -0.479 e. The Kier molecular flexibility index (Phi) is 5.68. The predicted octanol–water partition coefficient (Wildman–Crippen LogP) is 4.67. The molecule has 0 amide bonds. The number of carbonyl (C=O) groups excluding carboxylic acids is 1. The summed E-state index contributed by atoms with van der Waals surface area (Å²) in [5, 5.41) is 0. The van der Waals surface area contributed by atoms with E-state index < -0.39 is 18.4 Å². The van der Waals surface area contributed by atoms with Crippen LogP contribution >= 0.6 is 15.9 Å². The number of rotatable bonds is 6. The molecule has 0 atom stereocenters. The van der Waals surface area contributed by atoms with Crippen molar-refractivity contribution in [2.75, 3.05) is 6.61 Å². The van der Waals surface area contributed by atoms with Crippen LogP contribution in [0.4, 0.5) is 4.39 Å². The molecule has 0 saturated heterocycles. The molecule has 0 fully saturated rings. The highest BCUT2D eigenvalue weighted by Gasteiger charge is 2.14. The minimum atomic E-state index is -0.629. The quantitative estimate of drug-likeness (QED) is 0.543. The molecule has 3 aromatic rings. The van der Waals surface area contributed by atoms with Crippen molar-refractivity contribution in [2.45, 2.75) is 13.5 Å². The molecule has 7 heteroatoms. The summed E-state index contributed by atoms with van der Waals surface area (Å²) in [6.45, 7) is 1.30. The van der Waals surface area contributed by atoms with Crippen molar-refractivity contribution in [2.24, 2.45) is 0 Å². The van der Waals surface area contributed by atoms with Crippen molar-refractivity contribution in [3.05, 3.63) is 70.3 Å². The van der Waals surface area contributed by atoms with Gasteiger partial charge in [-0.25, -0.2) is 14.2 Å². The van der Waals surface area contributed by atoms with Gasteiger partial charge in [-0.2, -0.15) is 0 Å². The van der Waals surface area contributed by atoms with Crippen molar-refractivity contribution in [1.82, 2.24) is 4.98 Å². The molecular weight excluding hydrogens is 405 g/mol. The highest BCUT2D eigenvalue weighted by atomic mass is 79.9. The molecule has 0 saturated carbocycles. The lowest BCUT2D eigenvalue weighted by molar-refractivity contribution is -0.147. The number of halogens is 2. The molecular formula is C19H15BrFNO4. The monoisotopic (exact) mass is 419 g/mol. The first-order chi connectivity index (χ1) is 12.5. The summed E-state index contributed by atoms with van der Waals surface area (Å²) in [6, 6.07) is 13.7. The highest BCUT2D eigenvalue weighted by molar-refractivity contribution is 9.10. The Morgan fingerprint density at radius 2 is 2.00 bits per heavy atom. The van der Waals surface area contributed by atoms with Gasteiger partial charge in [0.15, 0.2) is 18.2 Å². The fourth-order valence-corrected chi connectivity index (χ4v) is 2.52. The van der Waals surface area contributed by atoms with E-state index in [-0.39, 0.29) is 12.4 Å². The number of nitrogens with zero attached hydrogens (tertiary/aromatic N) is 1. The van der Waals surface area contributed by atoms with Gasteiger partial charge in [0, 0.05) is 10.0 Å². The van der Waals surface area contributed by atoms with Crippen LogP contribution in [0.5, 0.6) is 5.75 Å². The zero-order valence-corrected chi connectivity index (χ0v) is 15.5. The Labute approximate surface area is 157 Å². The second kappa shape index (κ2) is 8.14. The van der Waals surface area contributed by atoms with Crippen LogP contribution in [0.15, 0.2) is 57.4 Å². The number of aromatic nitrogens is 1. The third kappa shape index (κ3) is 4.49. The molecule has 0 aliphatic rings. The van der Waals surface area contributed by atoms with Crippen LogP contribution in [0.2, 0.25) is 0 Å². The second-order valence-corrected chi connectivity index (χ2v) is 6.33. The van der Waals surface area contributed by atoms with Gasteiger partial charge in [0.25, 0.3) is 0 Å². The molecule has 26 heavy (non-hydrogen) atoms. The van der Waals surface area contributed by atoms with E-state index in [9.17, 15) is 9.18 Å². The Morgan fingerprint density at radius 1 is 1.23 bits per heavy atom. The molecule has 5 nitrogen and oxygen atoms in total. The standard InChI is InChI=1S/C19H15BrFNO4/c1-12-16(22-19(26-12)13-5-3-2-4-6-13)10-25-18(23)11-24-17-8-7-14(20)9-15(17)21/h2-9H,10-11H2,1H3. The van der Waals surface area contributed by atoms with Gasteiger partial charge < -0.3 is 13.9 Å². The molecule has 0 radical (unpaired) electrons. The van der Waals surface area contributed by atoms with E-state index in [1.165, 1.54) is 12.1 Å². The van der Waals surface area contributed by atoms with E-state index in [2.05, 4.69) is 20.9 Å². The number of carbonyl (C=O) groups is 1. The largest absolute Gasteiger partial charge is 0.479 e. The van der Waals surface area contributed by atoms with Crippen LogP contribution in [0.25, 0.3) is 11.5 Å². The summed E-state index contributed by atoms with van der Waals surface area (Å²) in [6.07, 6.45) is 0. The molecule has 0 bridgehead atoms. The van der Waals surface area contributed by atoms with Gasteiger partial charge in [-0.05, 0) is 37.3 Å². The lowest BCUT2D eigenvalue weighted by atomic mass is 10.2. The molecule has 0 aliphatic heterocycles. The lowest BCUT2D eigenvalue weighted by Gasteiger charge is -2.07. The topological polar surface area (TPSA) is 61.6 Å². The Hall–Kier alpha value is -2.67. The smallest absolute Gasteiger partial charge is 0.344 e. The van der Waals surface area contributed by atoms with Crippen LogP contribution < -0.4 is 4.74 Å². The first kappa shape index (κ1) is 18.1. The summed E-state index contributed by atoms with van der Waals surface area (Å²) in [5.74, 6) is -0.184. The van der Waals surface area contributed by atoms with Crippen molar-refractivity contribution in [3.63, 3.8) is 0 Å². The van der Waals surface area contributed by atoms with E-state index in [1.54, 1.807) is 13.0 Å². The molecule has 0 N–H and O–H groups in total. The normalized spacial score (nSPS) is 10.6. The molecule has 0 aliphatic carbocycles. The van der Waals surface area contributed by atoms with E-state index in [1.807, 2.05) is 30.3 Å². The van der Waals surface area contributed by atoms with Crippen LogP contribution in [-0.2, 0) is 16.1 Å². The van der Waals surface area contributed by atoms with Crippen LogP contribution in [-0.4, -0.2) is 17.6 Å². The zero-order valence-electron chi connectivity index (χ0n) is 13.9. The SMILES string of the molecule is Cc1oc(-c2ccccc2)nc1COC(=O)COc1ccc(Br)cc1F. The molecule has 0 unspecified atom stereocenters. The van der Waals surface area contributed by atoms with Crippen LogP contribution in [0, 0.1) is 12.7 Å². The highest BCUT2D eigenvalue weighted by Crippen LogP contribution is 2.23. The number of benzene rings is 2. The number of aryl methyl sites for hydroxylation is 1. The molecule has 3 rings (SSSR count). The summed E-state index contributed by atoms with van der Waals surface area (Å²) in [7, 11) is 0. The van der Waals surface area contributed by atoms with Gasteiger partial charge in [-0.1, -0.05) is 34.1 Å². The zero-order chi connectivity index (χ0) is 18.5. The average Bonchev–Trinajstić information content (AvgIpc) is 3.01. The Bertz CT molecular complexity index is 911. The lowest BCUT2D eigenvalue weighted by Crippen LogP contribution is -2.15. The fourth-order valence-electron chi connectivity index (χ4n) is 2.19. The number of hydrogen-bond acceptors (Lipinski definition) is 5.